The first-order valence-corrected chi connectivity index (χ1v) is 6.39. The second-order valence-corrected chi connectivity index (χ2v) is 4.97. The molecule has 0 fully saturated rings. The summed E-state index contributed by atoms with van der Waals surface area (Å²) in [5.41, 5.74) is -0.377. The van der Waals surface area contributed by atoms with Gasteiger partial charge in [0.05, 0.1) is 10.9 Å². The number of nitrogens with one attached hydrogen (secondary N) is 1. The predicted octanol–water partition coefficient (Wildman–Crippen LogP) is 0.225. The zero-order valence-electron chi connectivity index (χ0n) is 11.7. The maximum atomic E-state index is 12.2. The van der Waals surface area contributed by atoms with E-state index in [2.05, 4.69) is 5.32 Å². The molecule has 1 amide bonds. The van der Waals surface area contributed by atoms with Crippen molar-refractivity contribution in [1.82, 2.24) is 14.5 Å². The van der Waals surface area contributed by atoms with E-state index in [0.29, 0.717) is 10.9 Å². The predicted molar refractivity (Wildman–Crippen MR) is 76.7 cm³/mol. The lowest BCUT2D eigenvalue weighted by Crippen LogP contribution is -2.42. The number of hydrogen-bond acceptors (Lipinski definition) is 3. The van der Waals surface area contributed by atoms with Gasteiger partial charge >= 0.3 is 5.69 Å². The molecular formula is C14H17N3O3. The van der Waals surface area contributed by atoms with Gasteiger partial charge in [0.15, 0.2) is 0 Å². The summed E-state index contributed by atoms with van der Waals surface area (Å²) in [7, 11) is 1.41. The zero-order chi connectivity index (χ0) is 14.9. The molecule has 2 aromatic rings. The first-order valence-electron chi connectivity index (χ1n) is 6.39. The van der Waals surface area contributed by atoms with Gasteiger partial charge in [0.2, 0.25) is 5.91 Å². The van der Waals surface area contributed by atoms with Crippen LogP contribution in [0.4, 0.5) is 0 Å². The van der Waals surface area contributed by atoms with Gasteiger partial charge in [0, 0.05) is 13.1 Å². The fourth-order valence-electron chi connectivity index (χ4n) is 2.11. The highest BCUT2D eigenvalue weighted by molar-refractivity contribution is 5.81. The summed E-state index contributed by atoms with van der Waals surface area (Å²) in [6.07, 6.45) is 0. The molecule has 2 rings (SSSR count). The van der Waals surface area contributed by atoms with Gasteiger partial charge in [-0.15, -0.1) is 0 Å². The number of hydrogen-bond donors (Lipinski definition) is 1. The average molecular weight is 275 g/mol. The molecule has 0 unspecified atom stereocenters. The maximum absolute atomic E-state index is 12.2. The van der Waals surface area contributed by atoms with Gasteiger partial charge < -0.3 is 5.32 Å². The van der Waals surface area contributed by atoms with E-state index < -0.39 is 5.69 Å². The Balaban J connectivity index is 2.61. The van der Waals surface area contributed by atoms with E-state index in [4.69, 9.17) is 0 Å². The molecule has 0 atom stereocenters. The minimum absolute atomic E-state index is 0.00278. The van der Waals surface area contributed by atoms with Gasteiger partial charge in [0.1, 0.15) is 6.54 Å². The van der Waals surface area contributed by atoms with Gasteiger partial charge in [-0.2, -0.15) is 0 Å². The number of nitrogens with zero attached hydrogens (tertiary/aromatic N) is 2. The Labute approximate surface area is 115 Å². The molecule has 1 heterocycles. The van der Waals surface area contributed by atoms with Crippen LogP contribution in [0.5, 0.6) is 0 Å². The maximum Gasteiger partial charge on any atom is 0.331 e. The summed E-state index contributed by atoms with van der Waals surface area (Å²) >= 11 is 0. The lowest BCUT2D eigenvalue weighted by Gasteiger charge is -2.13. The van der Waals surface area contributed by atoms with Crippen LogP contribution in [-0.2, 0) is 18.4 Å². The molecule has 1 aromatic heterocycles. The molecule has 0 aliphatic heterocycles. The van der Waals surface area contributed by atoms with Crippen LogP contribution < -0.4 is 16.6 Å². The van der Waals surface area contributed by atoms with E-state index in [1.807, 2.05) is 13.8 Å². The number of rotatable bonds is 3. The van der Waals surface area contributed by atoms with Crippen LogP contribution >= 0.6 is 0 Å². The van der Waals surface area contributed by atoms with Crippen molar-refractivity contribution in [2.24, 2.45) is 7.05 Å². The van der Waals surface area contributed by atoms with Crippen molar-refractivity contribution in [3.8, 4) is 0 Å². The third-order valence-electron chi connectivity index (χ3n) is 3.00. The second-order valence-electron chi connectivity index (χ2n) is 4.97. The van der Waals surface area contributed by atoms with E-state index in [1.54, 1.807) is 24.3 Å². The third kappa shape index (κ3) is 2.49. The van der Waals surface area contributed by atoms with Crippen molar-refractivity contribution in [3.63, 3.8) is 0 Å². The summed E-state index contributed by atoms with van der Waals surface area (Å²) in [4.78, 5) is 36.0. The quantitative estimate of drug-likeness (QED) is 0.871. The number of fused-ring (bicyclic) bond motifs is 1. The summed E-state index contributed by atoms with van der Waals surface area (Å²) in [5, 5.41) is 3.15. The van der Waals surface area contributed by atoms with E-state index in [-0.39, 0.29) is 24.1 Å². The molecule has 0 saturated heterocycles. The Morgan fingerprint density at radius 2 is 1.90 bits per heavy atom. The van der Waals surface area contributed by atoms with E-state index in [9.17, 15) is 14.4 Å². The minimum Gasteiger partial charge on any atom is -0.352 e. The first kappa shape index (κ1) is 14.0. The summed E-state index contributed by atoms with van der Waals surface area (Å²) in [6.45, 7) is 3.59. The second kappa shape index (κ2) is 5.32. The molecule has 0 aliphatic rings. The highest BCUT2D eigenvalue weighted by atomic mass is 16.2. The summed E-state index contributed by atoms with van der Waals surface area (Å²) in [5.74, 6) is -0.258. The molecule has 6 nitrogen and oxygen atoms in total. The molecular weight excluding hydrogens is 258 g/mol. The van der Waals surface area contributed by atoms with Crippen molar-refractivity contribution in [3.05, 3.63) is 45.1 Å². The van der Waals surface area contributed by atoms with Gasteiger partial charge in [-0.05, 0) is 26.0 Å². The molecule has 20 heavy (non-hydrogen) atoms. The third-order valence-corrected chi connectivity index (χ3v) is 3.00. The van der Waals surface area contributed by atoms with Crippen LogP contribution in [0.2, 0.25) is 0 Å². The molecule has 0 saturated carbocycles. The Bertz CT molecular complexity index is 771. The van der Waals surface area contributed by atoms with Crippen LogP contribution in [0.15, 0.2) is 33.9 Å². The van der Waals surface area contributed by atoms with E-state index >= 15 is 0 Å². The van der Waals surface area contributed by atoms with Crippen molar-refractivity contribution < 1.29 is 4.79 Å². The lowest BCUT2D eigenvalue weighted by molar-refractivity contribution is -0.122. The minimum atomic E-state index is -0.493. The van der Waals surface area contributed by atoms with Crippen molar-refractivity contribution in [1.29, 1.82) is 0 Å². The molecule has 0 radical (unpaired) electrons. The topological polar surface area (TPSA) is 73.1 Å². The number of carbonyl (C=O) groups is 1. The smallest absolute Gasteiger partial charge is 0.331 e. The van der Waals surface area contributed by atoms with Crippen LogP contribution in [0.25, 0.3) is 10.9 Å². The SMILES string of the molecule is CC(C)NC(=O)Cn1c(=O)n(C)c(=O)c2ccccc21. The summed E-state index contributed by atoms with van der Waals surface area (Å²) < 4.78 is 2.33. The molecule has 0 bridgehead atoms. The first-order chi connectivity index (χ1) is 9.41. The number of para-hydroxylation sites is 1. The Hall–Kier alpha value is -2.37. The van der Waals surface area contributed by atoms with Crippen LogP contribution in [-0.4, -0.2) is 21.1 Å². The molecule has 0 spiro atoms. The van der Waals surface area contributed by atoms with Gasteiger partial charge in [-0.1, -0.05) is 12.1 Å². The van der Waals surface area contributed by atoms with E-state index in [0.717, 1.165) is 4.57 Å². The normalized spacial score (nSPS) is 11.0. The highest BCUT2D eigenvalue weighted by Crippen LogP contribution is 2.06. The van der Waals surface area contributed by atoms with Crippen molar-refractivity contribution in [2.75, 3.05) is 0 Å². The Morgan fingerprint density at radius 1 is 1.25 bits per heavy atom. The standard InChI is InChI=1S/C14H17N3O3/c1-9(2)15-12(18)8-17-11-7-5-4-6-10(11)13(19)16(3)14(17)20/h4-7,9H,8H2,1-3H3,(H,15,18). The molecule has 6 heteroatoms. The monoisotopic (exact) mass is 275 g/mol. The highest BCUT2D eigenvalue weighted by Gasteiger charge is 2.13. The Morgan fingerprint density at radius 3 is 2.55 bits per heavy atom. The fraction of sp³-hybridized carbons (Fsp3) is 0.357. The Kier molecular flexibility index (Phi) is 3.74. The fourth-order valence-corrected chi connectivity index (χ4v) is 2.11. The van der Waals surface area contributed by atoms with Crippen molar-refractivity contribution >= 4 is 16.8 Å². The summed E-state index contributed by atoms with van der Waals surface area (Å²) in [6, 6.07) is 6.77. The average Bonchev–Trinajstić information content (AvgIpc) is 2.40. The number of aromatic nitrogens is 2. The van der Waals surface area contributed by atoms with Gasteiger partial charge in [0.25, 0.3) is 5.56 Å². The number of benzene rings is 1. The molecule has 1 N–H and O–H groups in total. The molecule has 106 valence electrons. The van der Waals surface area contributed by atoms with E-state index in [1.165, 1.54) is 11.6 Å². The zero-order valence-corrected chi connectivity index (χ0v) is 11.7. The molecule has 0 aliphatic carbocycles. The van der Waals surface area contributed by atoms with Crippen LogP contribution in [0, 0.1) is 0 Å². The number of carbonyl (C=O) groups excluding carboxylic acids is 1. The van der Waals surface area contributed by atoms with Gasteiger partial charge in [-0.3, -0.25) is 18.7 Å². The molecule has 1 aromatic carbocycles. The largest absolute Gasteiger partial charge is 0.352 e. The van der Waals surface area contributed by atoms with Crippen molar-refractivity contribution in [2.45, 2.75) is 26.4 Å². The van der Waals surface area contributed by atoms with Crippen LogP contribution in [0.3, 0.4) is 0 Å². The van der Waals surface area contributed by atoms with Gasteiger partial charge in [-0.25, -0.2) is 4.79 Å². The number of amides is 1. The van der Waals surface area contributed by atoms with Crippen LogP contribution in [0.1, 0.15) is 13.8 Å². The lowest BCUT2D eigenvalue weighted by atomic mass is 10.2.